The van der Waals surface area contributed by atoms with Crippen molar-refractivity contribution in [3.63, 3.8) is 0 Å². The third-order valence-electron chi connectivity index (χ3n) is 2.81. The van der Waals surface area contributed by atoms with Crippen LogP contribution in [-0.2, 0) is 6.42 Å². The number of hydrogen-bond acceptors (Lipinski definition) is 0. The minimum atomic E-state index is -2.17. The van der Waals surface area contributed by atoms with Crippen LogP contribution in [0.3, 0.4) is 0 Å². The van der Waals surface area contributed by atoms with Crippen molar-refractivity contribution in [2.45, 2.75) is 20.3 Å². The third-order valence-corrected chi connectivity index (χ3v) is 2.81. The van der Waals surface area contributed by atoms with E-state index in [9.17, 15) is 39.5 Å². The molecule has 146 valence electrons. The first-order chi connectivity index (χ1) is 11.5. The fourth-order valence-electron chi connectivity index (χ4n) is 1.71. The first kappa shape index (κ1) is 28.7. The van der Waals surface area contributed by atoms with Gasteiger partial charge in [-0.1, -0.05) is 13.8 Å². The molecule has 0 radical (unpaired) electrons. The maximum Gasteiger partial charge on any atom is 1.00 e. The average Bonchev–Trinajstić information content (AvgIpc) is 2.53. The Labute approximate surface area is 193 Å². The Balaban J connectivity index is 0. The fraction of sp³-hybridized carbons (Fsp3) is 0.235. The normalized spacial score (nSPS) is 9.93. The van der Waals surface area contributed by atoms with Gasteiger partial charge in [0, 0.05) is 11.6 Å². The van der Waals surface area contributed by atoms with Crippen LogP contribution in [0.1, 0.15) is 19.4 Å². The van der Waals surface area contributed by atoms with Crippen molar-refractivity contribution >= 4 is 0 Å². The quantitative estimate of drug-likeness (QED) is 0.227. The smallest absolute Gasteiger partial charge is 0.358 e. The molecule has 0 saturated heterocycles. The van der Waals surface area contributed by atoms with Crippen molar-refractivity contribution in [1.29, 1.82) is 0 Å². The molecule has 0 saturated carbocycles. The van der Waals surface area contributed by atoms with Gasteiger partial charge in [0.05, 0.1) is 29.1 Å². The second kappa shape index (κ2) is 12.1. The van der Waals surface area contributed by atoms with Gasteiger partial charge < -0.3 is 7.43 Å². The van der Waals surface area contributed by atoms with E-state index in [1.807, 2.05) is 0 Å². The van der Waals surface area contributed by atoms with Crippen LogP contribution in [0.2, 0.25) is 0 Å². The molecule has 0 spiro atoms. The van der Waals surface area contributed by atoms with E-state index in [-0.39, 0.29) is 77.2 Å². The van der Waals surface area contributed by atoms with Crippen molar-refractivity contribution in [2.24, 2.45) is 5.92 Å². The van der Waals surface area contributed by atoms with Crippen LogP contribution in [0.5, 0.6) is 0 Å². The summed E-state index contributed by atoms with van der Waals surface area (Å²) in [5, 5.41) is 0. The van der Waals surface area contributed by atoms with Crippen molar-refractivity contribution < 1.29 is 90.9 Å². The predicted octanol–water partition coefficient (Wildman–Crippen LogP) is 3.08. The molecule has 0 aliphatic heterocycles. The second-order valence-electron chi connectivity index (χ2n) is 5.24. The molecule has 2 aromatic carbocycles. The SMILES string of the molecule is CC(C)Cc1c(F)c(F)cc(F)c1F.Fc1[c-]c(F)c(F)c(F)c1F.[CH3-].[K+]. The van der Waals surface area contributed by atoms with Crippen LogP contribution in [-0.4, -0.2) is 0 Å². The van der Waals surface area contributed by atoms with Crippen LogP contribution in [0.15, 0.2) is 6.07 Å². The largest absolute Gasteiger partial charge is 1.00 e. The minimum absolute atomic E-state index is 0. The van der Waals surface area contributed by atoms with Gasteiger partial charge in [0.15, 0.2) is 23.3 Å². The van der Waals surface area contributed by atoms with E-state index in [1.54, 1.807) is 13.8 Å². The van der Waals surface area contributed by atoms with E-state index >= 15 is 0 Å². The molecule has 0 fully saturated rings. The standard InChI is InChI=1S/C10H10F4.C6F5.CH3.K/c1-5(2)3-6-9(13)7(11)4-8(12)10(6)14;7-2-1-3(8)5(10)6(11)4(2)9;;/h4-5H,3H2,1-2H3;;1H3;/q;2*-1;+1. The summed E-state index contributed by atoms with van der Waals surface area (Å²) in [5.74, 6) is -15.4. The molecule has 2 aromatic rings. The molecule has 0 unspecified atom stereocenters. The van der Waals surface area contributed by atoms with Gasteiger partial charge in [-0.2, -0.15) is 0 Å². The monoisotopic (exact) mass is 427 g/mol. The van der Waals surface area contributed by atoms with Crippen LogP contribution in [0.25, 0.3) is 0 Å². The molecule has 2 rings (SSSR count). The van der Waals surface area contributed by atoms with E-state index in [1.165, 1.54) is 0 Å². The molecule has 0 amide bonds. The molecule has 10 heteroatoms. The van der Waals surface area contributed by atoms with Crippen molar-refractivity contribution in [2.75, 3.05) is 0 Å². The van der Waals surface area contributed by atoms with E-state index in [0.29, 0.717) is 0 Å². The van der Waals surface area contributed by atoms with Gasteiger partial charge in [-0.3, -0.25) is 8.78 Å². The van der Waals surface area contributed by atoms with Crippen molar-refractivity contribution in [3.8, 4) is 0 Å². The van der Waals surface area contributed by atoms with E-state index in [4.69, 9.17) is 0 Å². The molecule has 0 bridgehead atoms. The number of rotatable bonds is 2. The first-order valence-corrected chi connectivity index (χ1v) is 6.69. The number of halogens is 9. The zero-order chi connectivity index (χ0) is 19.5. The van der Waals surface area contributed by atoms with Crippen LogP contribution in [0.4, 0.5) is 39.5 Å². The van der Waals surface area contributed by atoms with Crippen molar-refractivity contribution in [3.05, 3.63) is 77.5 Å². The Morgan fingerprint density at radius 3 is 1.41 bits per heavy atom. The van der Waals surface area contributed by atoms with Crippen LogP contribution in [0, 0.1) is 71.8 Å². The Morgan fingerprint density at radius 1 is 0.704 bits per heavy atom. The summed E-state index contributed by atoms with van der Waals surface area (Å²) in [7, 11) is 0. The summed E-state index contributed by atoms with van der Waals surface area (Å²) in [4.78, 5) is 0. The molecule has 0 aliphatic rings. The van der Waals surface area contributed by atoms with Gasteiger partial charge in [0.2, 0.25) is 0 Å². The molecule has 0 aromatic heterocycles. The topological polar surface area (TPSA) is 0 Å². The van der Waals surface area contributed by atoms with Gasteiger partial charge in [-0.05, 0) is 12.3 Å². The fourth-order valence-corrected chi connectivity index (χ4v) is 1.71. The minimum Gasteiger partial charge on any atom is -0.358 e. The van der Waals surface area contributed by atoms with Gasteiger partial charge in [-0.25, -0.2) is 30.7 Å². The maximum atomic E-state index is 13.0. The number of benzene rings is 2. The molecular formula is C17H13F9K-. The summed E-state index contributed by atoms with van der Waals surface area (Å²) in [6.45, 7) is 3.42. The molecule has 0 atom stereocenters. The Kier molecular flexibility index (Phi) is 12.8. The van der Waals surface area contributed by atoms with E-state index < -0.39 is 57.9 Å². The summed E-state index contributed by atoms with van der Waals surface area (Å²) >= 11 is 0. The first-order valence-electron chi connectivity index (χ1n) is 6.69. The van der Waals surface area contributed by atoms with Gasteiger partial charge in [0.25, 0.3) is 0 Å². The Morgan fingerprint density at radius 2 is 1.07 bits per heavy atom. The summed E-state index contributed by atoms with van der Waals surface area (Å²) in [5.41, 5.74) is -0.516. The summed E-state index contributed by atoms with van der Waals surface area (Å²) in [6.07, 6.45) is -0.0215. The van der Waals surface area contributed by atoms with Crippen LogP contribution >= 0.6 is 0 Å². The number of hydrogen-bond donors (Lipinski definition) is 0. The predicted molar refractivity (Wildman–Crippen MR) is 76.3 cm³/mol. The van der Waals surface area contributed by atoms with Crippen LogP contribution < -0.4 is 51.4 Å². The molecule has 0 N–H and O–H groups in total. The molecule has 0 heterocycles. The maximum absolute atomic E-state index is 13.0. The average molecular weight is 427 g/mol. The Bertz CT molecular complexity index is 723. The van der Waals surface area contributed by atoms with E-state index in [0.717, 1.165) is 6.07 Å². The molecular weight excluding hydrogens is 414 g/mol. The second-order valence-corrected chi connectivity index (χ2v) is 5.24. The zero-order valence-corrected chi connectivity index (χ0v) is 17.9. The van der Waals surface area contributed by atoms with E-state index in [2.05, 4.69) is 0 Å². The summed E-state index contributed by atoms with van der Waals surface area (Å²) in [6, 6.07) is 1.24. The van der Waals surface area contributed by atoms with Gasteiger partial charge >= 0.3 is 51.4 Å². The summed E-state index contributed by atoms with van der Waals surface area (Å²) < 4.78 is 111. The van der Waals surface area contributed by atoms with Gasteiger partial charge in [-0.15, -0.1) is 6.07 Å². The molecule has 27 heavy (non-hydrogen) atoms. The van der Waals surface area contributed by atoms with Crippen molar-refractivity contribution in [1.82, 2.24) is 0 Å². The molecule has 0 nitrogen and oxygen atoms in total. The molecule has 0 aliphatic carbocycles. The third kappa shape index (κ3) is 7.41. The van der Waals surface area contributed by atoms with Gasteiger partial charge in [0.1, 0.15) is 0 Å². The zero-order valence-electron chi connectivity index (χ0n) is 14.8. The Hall–Kier alpha value is -0.554.